The monoisotopic (exact) mass is 247 g/mol. The van der Waals surface area contributed by atoms with E-state index in [1.165, 1.54) is 19.5 Å². The van der Waals surface area contributed by atoms with Crippen LogP contribution in [-0.2, 0) is 4.79 Å². The van der Waals surface area contributed by atoms with Gasteiger partial charge in [-0.25, -0.2) is 9.97 Å². The highest BCUT2D eigenvalue weighted by Gasteiger charge is 2.15. The van der Waals surface area contributed by atoms with Gasteiger partial charge in [-0.2, -0.15) is 5.10 Å². The molecule has 7 heteroatoms. The molecule has 0 aliphatic heterocycles. The summed E-state index contributed by atoms with van der Waals surface area (Å²) in [6.07, 6.45) is 6.33. The number of anilines is 1. The molecule has 2 heterocycles. The molecule has 0 radical (unpaired) electrons. The second-order valence-corrected chi connectivity index (χ2v) is 3.61. The first kappa shape index (κ1) is 12.0. The van der Waals surface area contributed by atoms with Crippen LogP contribution in [0.15, 0.2) is 30.9 Å². The van der Waals surface area contributed by atoms with Crippen LogP contribution in [0.1, 0.15) is 13.0 Å². The number of hydrogen-bond donors (Lipinski definition) is 1. The lowest BCUT2D eigenvalue weighted by molar-refractivity contribution is -0.119. The average Bonchev–Trinajstić information content (AvgIpc) is 2.92. The van der Waals surface area contributed by atoms with E-state index in [2.05, 4.69) is 20.4 Å². The molecule has 18 heavy (non-hydrogen) atoms. The van der Waals surface area contributed by atoms with Gasteiger partial charge in [-0.3, -0.25) is 9.48 Å². The molecule has 0 aliphatic carbocycles. The summed E-state index contributed by atoms with van der Waals surface area (Å²) in [6, 6.07) is 1.62. The molecular formula is C11H13N5O2. The van der Waals surface area contributed by atoms with Crippen LogP contribution >= 0.6 is 0 Å². The van der Waals surface area contributed by atoms with Crippen molar-refractivity contribution in [1.82, 2.24) is 19.7 Å². The van der Waals surface area contributed by atoms with Gasteiger partial charge in [0.15, 0.2) is 0 Å². The molecule has 94 valence electrons. The van der Waals surface area contributed by atoms with Gasteiger partial charge in [-0.05, 0) is 13.0 Å². The Kier molecular flexibility index (Phi) is 3.52. The highest BCUT2D eigenvalue weighted by Crippen LogP contribution is 2.10. The fraction of sp³-hybridized carbons (Fsp3) is 0.273. The summed E-state index contributed by atoms with van der Waals surface area (Å²) in [7, 11) is 1.48. The minimum absolute atomic E-state index is 0.188. The summed E-state index contributed by atoms with van der Waals surface area (Å²) in [6.45, 7) is 1.76. The predicted octanol–water partition coefficient (Wildman–Crippen LogP) is 0.881. The van der Waals surface area contributed by atoms with Gasteiger partial charge in [-0.1, -0.05) is 0 Å². The number of methoxy groups -OCH3 is 1. The zero-order valence-corrected chi connectivity index (χ0v) is 10.1. The third kappa shape index (κ3) is 2.62. The Hall–Kier alpha value is -2.44. The van der Waals surface area contributed by atoms with E-state index in [4.69, 9.17) is 4.74 Å². The molecule has 0 spiro atoms. The summed E-state index contributed by atoms with van der Waals surface area (Å²) in [5, 5.41) is 6.71. The van der Waals surface area contributed by atoms with Gasteiger partial charge in [0.25, 0.3) is 0 Å². The normalized spacial score (nSPS) is 11.9. The van der Waals surface area contributed by atoms with Crippen molar-refractivity contribution >= 4 is 11.6 Å². The maximum absolute atomic E-state index is 11.9. The Morgan fingerprint density at radius 1 is 1.44 bits per heavy atom. The molecule has 1 amide bonds. The Balaban J connectivity index is 2.02. The van der Waals surface area contributed by atoms with E-state index in [1.54, 1.807) is 30.1 Å². The highest BCUT2D eigenvalue weighted by molar-refractivity contribution is 5.93. The molecule has 0 aromatic carbocycles. The average molecular weight is 247 g/mol. The fourth-order valence-electron chi connectivity index (χ4n) is 1.36. The third-order valence-corrected chi connectivity index (χ3v) is 2.38. The summed E-state index contributed by atoms with van der Waals surface area (Å²) < 4.78 is 6.40. The van der Waals surface area contributed by atoms with E-state index < -0.39 is 6.04 Å². The Bertz CT molecular complexity index is 509. The van der Waals surface area contributed by atoms with Crippen molar-refractivity contribution in [3.63, 3.8) is 0 Å². The first-order chi connectivity index (χ1) is 8.70. The van der Waals surface area contributed by atoms with Gasteiger partial charge in [0.1, 0.15) is 6.04 Å². The third-order valence-electron chi connectivity index (χ3n) is 2.38. The molecule has 0 saturated carbocycles. The van der Waals surface area contributed by atoms with Gasteiger partial charge in [0.2, 0.25) is 5.91 Å². The van der Waals surface area contributed by atoms with Crippen LogP contribution in [0.2, 0.25) is 0 Å². The van der Waals surface area contributed by atoms with Crippen molar-refractivity contribution in [2.24, 2.45) is 0 Å². The van der Waals surface area contributed by atoms with Crippen molar-refractivity contribution in [2.75, 3.05) is 12.4 Å². The van der Waals surface area contributed by atoms with Crippen LogP contribution in [0.3, 0.4) is 0 Å². The zero-order valence-electron chi connectivity index (χ0n) is 10.1. The van der Waals surface area contributed by atoms with Gasteiger partial charge in [-0.15, -0.1) is 0 Å². The second-order valence-electron chi connectivity index (χ2n) is 3.61. The number of nitrogens with zero attached hydrogens (tertiary/aromatic N) is 4. The van der Waals surface area contributed by atoms with E-state index in [0.717, 1.165) is 0 Å². The minimum Gasteiger partial charge on any atom is -0.467 e. The molecule has 2 aromatic rings. The molecule has 2 aromatic heterocycles. The quantitative estimate of drug-likeness (QED) is 0.867. The summed E-state index contributed by atoms with van der Waals surface area (Å²) in [5.74, 6) is -0.188. The number of carbonyl (C=O) groups is 1. The SMILES string of the molecule is COc1ncc(NC(=O)C(C)n2cccn2)cn1. The standard InChI is InChI=1S/C11H13N5O2/c1-8(16-5-3-4-14-16)10(17)15-9-6-12-11(18-2)13-7-9/h3-8H,1-2H3,(H,15,17). The largest absolute Gasteiger partial charge is 0.467 e. The van der Waals surface area contributed by atoms with Crippen molar-refractivity contribution in [2.45, 2.75) is 13.0 Å². The number of amides is 1. The summed E-state index contributed by atoms with van der Waals surface area (Å²) in [5.41, 5.74) is 0.514. The lowest BCUT2D eigenvalue weighted by Gasteiger charge is -2.12. The lowest BCUT2D eigenvalue weighted by atomic mass is 10.3. The van der Waals surface area contributed by atoms with E-state index in [9.17, 15) is 4.79 Å². The number of rotatable bonds is 4. The maximum Gasteiger partial charge on any atom is 0.316 e. The minimum atomic E-state index is -0.401. The van der Waals surface area contributed by atoms with Crippen LogP contribution in [0.25, 0.3) is 0 Å². The van der Waals surface area contributed by atoms with Crippen molar-refractivity contribution in [1.29, 1.82) is 0 Å². The summed E-state index contributed by atoms with van der Waals surface area (Å²) in [4.78, 5) is 19.7. The van der Waals surface area contributed by atoms with Crippen LogP contribution in [0, 0.1) is 0 Å². The van der Waals surface area contributed by atoms with E-state index >= 15 is 0 Å². The number of nitrogens with one attached hydrogen (secondary N) is 1. The maximum atomic E-state index is 11.9. The van der Waals surface area contributed by atoms with E-state index in [0.29, 0.717) is 5.69 Å². The van der Waals surface area contributed by atoms with E-state index in [1.807, 2.05) is 0 Å². The van der Waals surface area contributed by atoms with Crippen molar-refractivity contribution in [3.05, 3.63) is 30.9 Å². The molecule has 2 rings (SSSR count). The molecule has 1 atom stereocenters. The number of hydrogen-bond acceptors (Lipinski definition) is 5. The zero-order chi connectivity index (χ0) is 13.0. The molecule has 1 N–H and O–H groups in total. The van der Waals surface area contributed by atoms with Crippen LogP contribution in [-0.4, -0.2) is 32.8 Å². The van der Waals surface area contributed by atoms with Crippen LogP contribution in [0.5, 0.6) is 6.01 Å². The van der Waals surface area contributed by atoms with Gasteiger partial charge in [0, 0.05) is 12.4 Å². The predicted molar refractivity (Wildman–Crippen MR) is 64.2 cm³/mol. The van der Waals surface area contributed by atoms with Gasteiger partial charge < -0.3 is 10.1 Å². The fourth-order valence-corrected chi connectivity index (χ4v) is 1.36. The topological polar surface area (TPSA) is 81.9 Å². The van der Waals surface area contributed by atoms with Gasteiger partial charge >= 0.3 is 6.01 Å². The smallest absolute Gasteiger partial charge is 0.316 e. The van der Waals surface area contributed by atoms with Crippen molar-refractivity contribution < 1.29 is 9.53 Å². The molecule has 1 unspecified atom stereocenters. The van der Waals surface area contributed by atoms with Crippen molar-refractivity contribution in [3.8, 4) is 6.01 Å². The molecule has 0 saturated heterocycles. The lowest BCUT2D eigenvalue weighted by Crippen LogP contribution is -2.24. The first-order valence-electron chi connectivity index (χ1n) is 5.36. The second kappa shape index (κ2) is 5.26. The van der Waals surface area contributed by atoms with Gasteiger partial charge in [0.05, 0.1) is 25.2 Å². The first-order valence-corrected chi connectivity index (χ1v) is 5.36. The van der Waals surface area contributed by atoms with Crippen LogP contribution < -0.4 is 10.1 Å². The number of aromatic nitrogens is 4. The Morgan fingerprint density at radius 3 is 2.72 bits per heavy atom. The molecule has 0 aliphatic rings. The number of ether oxygens (including phenoxy) is 1. The molecule has 0 bridgehead atoms. The van der Waals surface area contributed by atoms with Crippen LogP contribution in [0.4, 0.5) is 5.69 Å². The molecule has 7 nitrogen and oxygen atoms in total. The highest BCUT2D eigenvalue weighted by atomic mass is 16.5. The molecular weight excluding hydrogens is 234 g/mol. The molecule has 0 fully saturated rings. The number of carbonyl (C=O) groups excluding carboxylic acids is 1. The Morgan fingerprint density at radius 2 is 2.17 bits per heavy atom. The summed E-state index contributed by atoms with van der Waals surface area (Å²) >= 11 is 0. The van der Waals surface area contributed by atoms with E-state index in [-0.39, 0.29) is 11.9 Å². The Labute approximate surface area is 104 Å².